The molecule has 3 nitrogen and oxygen atoms in total. The second-order valence-electron chi connectivity index (χ2n) is 4.91. The van der Waals surface area contributed by atoms with E-state index in [4.69, 9.17) is 4.74 Å². The number of carbonyl (C=O) groups excluding carboxylic acids is 1. The molecule has 0 aliphatic carbocycles. The molecule has 0 unspecified atom stereocenters. The van der Waals surface area contributed by atoms with Crippen molar-refractivity contribution in [3.05, 3.63) is 64.5 Å². The lowest BCUT2D eigenvalue weighted by molar-refractivity contribution is 0.0600. The van der Waals surface area contributed by atoms with Gasteiger partial charge in [-0.2, -0.15) is 0 Å². The number of hydrogen-bond acceptors (Lipinski definition) is 3. The third kappa shape index (κ3) is 3.40. The zero-order valence-electron chi connectivity index (χ0n) is 12.4. The van der Waals surface area contributed by atoms with E-state index in [2.05, 4.69) is 5.32 Å². The van der Waals surface area contributed by atoms with E-state index in [-0.39, 0.29) is 11.8 Å². The van der Waals surface area contributed by atoms with E-state index in [0.29, 0.717) is 17.7 Å². The van der Waals surface area contributed by atoms with Crippen molar-refractivity contribution in [2.24, 2.45) is 0 Å². The lowest BCUT2D eigenvalue weighted by Gasteiger charge is -2.12. The summed E-state index contributed by atoms with van der Waals surface area (Å²) in [5.74, 6) is -0.559. The highest BCUT2D eigenvalue weighted by Gasteiger charge is 2.11. The van der Waals surface area contributed by atoms with Gasteiger partial charge >= 0.3 is 5.97 Å². The van der Waals surface area contributed by atoms with Crippen LogP contribution in [0.2, 0.25) is 0 Å². The summed E-state index contributed by atoms with van der Waals surface area (Å²) in [7, 11) is 1.36. The first kappa shape index (κ1) is 15.0. The second-order valence-corrected chi connectivity index (χ2v) is 4.91. The summed E-state index contributed by atoms with van der Waals surface area (Å²) in [6, 6.07) is 10.4. The Kier molecular flexibility index (Phi) is 4.58. The molecule has 0 atom stereocenters. The van der Waals surface area contributed by atoms with E-state index < -0.39 is 0 Å². The van der Waals surface area contributed by atoms with Crippen LogP contribution in [0.4, 0.5) is 10.1 Å². The molecule has 110 valence electrons. The molecule has 0 aromatic heterocycles. The normalized spacial score (nSPS) is 10.3. The van der Waals surface area contributed by atoms with E-state index in [0.717, 1.165) is 16.8 Å². The summed E-state index contributed by atoms with van der Waals surface area (Å²) < 4.78 is 18.0. The highest BCUT2D eigenvalue weighted by atomic mass is 19.1. The monoisotopic (exact) mass is 287 g/mol. The highest BCUT2D eigenvalue weighted by molar-refractivity contribution is 5.92. The Morgan fingerprint density at radius 1 is 1.24 bits per heavy atom. The predicted octanol–water partition coefficient (Wildman–Crippen LogP) is 3.84. The summed E-state index contributed by atoms with van der Waals surface area (Å²) in [4.78, 5) is 11.7. The molecular formula is C17H18FNO2. The van der Waals surface area contributed by atoms with Gasteiger partial charge in [0.2, 0.25) is 0 Å². The van der Waals surface area contributed by atoms with Crippen LogP contribution in [0.25, 0.3) is 0 Å². The summed E-state index contributed by atoms with van der Waals surface area (Å²) >= 11 is 0. The number of rotatable bonds is 4. The van der Waals surface area contributed by atoms with Crippen LogP contribution in [0.3, 0.4) is 0 Å². The Hall–Kier alpha value is -2.36. The van der Waals surface area contributed by atoms with Gasteiger partial charge in [0.1, 0.15) is 5.82 Å². The summed E-state index contributed by atoms with van der Waals surface area (Å²) in [5, 5.41) is 3.27. The van der Waals surface area contributed by atoms with Crippen molar-refractivity contribution in [2.45, 2.75) is 20.4 Å². The molecule has 2 rings (SSSR count). The van der Waals surface area contributed by atoms with Crippen LogP contribution in [0.1, 0.15) is 27.0 Å². The van der Waals surface area contributed by atoms with Gasteiger partial charge in [-0.1, -0.05) is 18.2 Å². The van der Waals surface area contributed by atoms with Crippen LogP contribution in [0.15, 0.2) is 36.4 Å². The number of anilines is 1. The fraction of sp³-hybridized carbons (Fsp3) is 0.235. The number of hydrogen-bond donors (Lipinski definition) is 1. The molecular weight excluding hydrogens is 269 g/mol. The summed E-state index contributed by atoms with van der Waals surface area (Å²) in [5.41, 5.74) is 3.84. The van der Waals surface area contributed by atoms with Crippen molar-refractivity contribution in [1.82, 2.24) is 0 Å². The quantitative estimate of drug-likeness (QED) is 0.868. The molecule has 2 aromatic rings. The molecule has 0 heterocycles. The van der Waals surface area contributed by atoms with Crippen molar-refractivity contribution >= 4 is 11.7 Å². The molecule has 0 fully saturated rings. The summed E-state index contributed by atoms with van der Waals surface area (Å²) in [6.07, 6.45) is 0. The number of esters is 1. The van der Waals surface area contributed by atoms with Crippen molar-refractivity contribution in [2.75, 3.05) is 12.4 Å². The Morgan fingerprint density at radius 3 is 2.67 bits per heavy atom. The van der Waals surface area contributed by atoms with E-state index in [1.54, 1.807) is 25.1 Å². The number of carbonyl (C=O) groups is 1. The van der Waals surface area contributed by atoms with Gasteiger partial charge in [-0.3, -0.25) is 0 Å². The van der Waals surface area contributed by atoms with Crippen LogP contribution < -0.4 is 5.32 Å². The first-order chi connectivity index (χ1) is 10.0. The number of benzene rings is 2. The molecule has 0 saturated carbocycles. The van der Waals surface area contributed by atoms with E-state index >= 15 is 0 Å². The molecule has 2 aromatic carbocycles. The maximum Gasteiger partial charge on any atom is 0.338 e. The van der Waals surface area contributed by atoms with Gasteiger partial charge in [0.15, 0.2) is 0 Å². The van der Waals surface area contributed by atoms with Crippen molar-refractivity contribution in [3.8, 4) is 0 Å². The molecule has 0 aliphatic rings. The third-order valence-corrected chi connectivity index (χ3v) is 3.44. The standard InChI is InChI=1S/C17H18FNO2/c1-11-9-13(7-8-15(11)18)10-19-16-6-4-5-14(12(16)2)17(20)21-3/h4-9,19H,10H2,1-3H3. The van der Waals surface area contributed by atoms with Gasteiger partial charge < -0.3 is 10.1 Å². The molecule has 21 heavy (non-hydrogen) atoms. The van der Waals surface area contributed by atoms with Gasteiger partial charge in [-0.25, -0.2) is 9.18 Å². The van der Waals surface area contributed by atoms with Gasteiger partial charge in [0, 0.05) is 12.2 Å². The molecule has 0 amide bonds. The van der Waals surface area contributed by atoms with Gasteiger partial charge in [0.05, 0.1) is 12.7 Å². The number of aryl methyl sites for hydroxylation is 1. The zero-order chi connectivity index (χ0) is 15.4. The number of nitrogens with one attached hydrogen (secondary N) is 1. The Bertz CT molecular complexity index is 668. The van der Waals surface area contributed by atoms with Gasteiger partial charge in [-0.15, -0.1) is 0 Å². The van der Waals surface area contributed by atoms with Crippen molar-refractivity contribution in [1.29, 1.82) is 0 Å². The van der Waals surface area contributed by atoms with Crippen LogP contribution in [-0.2, 0) is 11.3 Å². The third-order valence-electron chi connectivity index (χ3n) is 3.44. The summed E-state index contributed by atoms with van der Waals surface area (Å²) in [6.45, 7) is 4.17. The second kappa shape index (κ2) is 6.39. The van der Waals surface area contributed by atoms with Crippen LogP contribution in [0.5, 0.6) is 0 Å². The van der Waals surface area contributed by atoms with Crippen LogP contribution in [0, 0.1) is 19.7 Å². The first-order valence-electron chi connectivity index (χ1n) is 6.69. The lowest BCUT2D eigenvalue weighted by atomic mass is 10.1. The fourth-order valence-electron chi connectivity index (χ4n) is 2.17. The number of halogens is 1. The molecule has 1 N–H and O–H groups in total. The van der Waals surface area contributed by atoms with E-state index in [9.17, 15) is 9.18 Å². The fourth-order valence-corrected chi connectivity index (χ4v) is 2.17. The maximum absolute atomic E-state index is 13.2. The SMILES string of the molecule is COC(=O)c1cccc(NCc2ccc(F)c(C)c2)c1C. The maximum atomic E-state index is 13.2. The lowest BCUT2D eigenvalue weighted by Crippen LogP contribution is -2.07. The molecule has 0 saturated heterocycles. The zero-order valence-corrected chi connectivity index (χ0v) is 12.4. The smallest absolute Gasteiger partial charge is 0.338 e. The first-order valence-corrected chi connectivity index (χ1v) is 6.69. The minimum Gasteiger partial charge on any atom is -0.465 e. The van der Waals surface area contributed by atoms with E-state index in [1.807, 2.05) is 19.1 Å². The predicted molar refractivity (Wildman–Crippen MR) is 81.0 cm³/mol. The van der Waals surface area contributed by atoms with Crippen LogP contribution >= 0.6 is 0 Å². The van der Waals surface area contributed by atoms with E-state index in [1.165, 1.54) is 13.2 Å². The van der Waals surface area contributed by atoms with Crippen molar-refractivity contribution < 1.29 is 13.9 Å². The molecule has 0 radical (unpaired) electrons. The van der Waals surface area contributed by atoms with Crippen molar-refractivity contribution in [3.63, 3.8) is 0 Å². The molecule has 0 bridgehead atoms. The number of ether oxygens (including phenoxy) is 1. The molecule has 0 aliphatic heterocycles. The minimum atomic E-state index is -0.353. The largest absolute Gasteiger partial charge is 0.465 e. The Balaban J connectivity index is 2.16. The average Bonchev–Trinajstić information content (AvgIpc) is 2.49. The Morgan fingerprint density at radius 2 is 2.00 bits per heavy atom. The Labute approximate surface area is 123 Å². The van der Waals surface area contributed by atoms with Gasteiger partial charge in [0.25, 0.3) is 0 Å². The molecule has 0 spiro atoms. The van der Waals surface area contributed by atoms with Gasteiger partial charge in [-0.05, 0) is 48.7 Å². The minimum absolute atomic E-state index is 0.206. The average molecular weight is 287 g/mol. The number of methoxy groups -OCH3 is 1. The molecule has 4 heteroatoms. The van der Waals surface area contributed by atoms with Crippen LogP contribution in [-0.4, -0.2) is 13.1 Å². The topological polar surface area (TPSA) is 38.3 Å². The highest BCUT2D eigenvalue weighted by Crippen LogP contribution is 2.20.